The van der Waals surface area contributed by atoms with Crippen LogP contribution in [-0.4, -0.2) is 22.4 Å². The van der Waals surface area contributed by atoms with Crippen molar-refractivity contribution in [1.82, 2.24) is 0 Å². The molecule has 0 aromatic heterocycles. The van der Waals surface area contributed by atoms with E-state index in [1.54, 1.807) is 6.92 Å². The molecule has 114 valence electrons. The van der Waals surface area contributed by atoms with Gasteiger partial charge in [-0.15, -0.1) is 0 Å². The fourth-order valence-corrected chi connectivity index (χ4v) is 2.74. The van der Waals surface area contributed by atoms with Gasteiger partial charge >= 0.3 is 0 Å². The molecule has 1 rings (SSSR count). The maximum atomic E-state index is 10.3. The Hall–Kier alpha value is -0.860. The molecule has 0 fully saturated rings. The van der Waals surface area contributed by atoms with Gasteiger partial charge in [0.1, 0.15) is 0 Å². The summed E-state index contributed by atoms with van der Waals surface area (Å²) in [4.78, 5) is 0. The SMILES string of the molecule is CCCCCC[C@H]([C@H](C)O)[C@@H](O)CCc1ccccc1. The average molecular weight is 278 g/mol. The normalized spacial score (nSPS) is 15.8. The first-order valence-corrected chi connectivity index (χ1v) is 8.05. The molecule has 0 bridgehead atoms. The third-order valence-corrected chi connectivity index (χ3v) is 4.08. The zero-order chi connectivity index (χ0) is 14.8. The standard InChI is InChI=1S/C18H30O2/c1-3-4-5-9-12-17(15(2)19)18(20)14-13-16-10-7-6-8-11-16/h6-8,10-11,15,17-20H,3-5,9,12-14H2,1-2H3/t15-,17+,18-/m0/s1. The first kappa shape index (κ1) is 17.2. The van der Waals surface area contributed by atoms with Crippen LogP contribution < -0.4 is 0 Å². The Kier molecular flexibility index (Phi) is 8.56. The number of hydrogen-bond donors (Lipinski definition) is 2. The molecule has 3 atom stereocenters. The molecule has 0 saturated carbocycles. The van der Waals surface area contributed by atoms with E-state index in [2.05, 4.69) is 19.1 Å². The lowest BCUT2D eigenvalue weighted by molar-refractivity contribution is 0.0118. The molecule has 0 spiro atoms. The Balaban J connectivity index is 2.37. The van der Waals surface area contributed by atoms with E-state index in [1.165, 1.54) is 24.8 Å². The Labute approximate surface area is 123 Å². The minimum atomic E-state index is -0.428. The van der Waals surface area contributed by atoms with Gasteiger partial charge in [0.05, 0.1) is 12.2 Å². The zero-order valence-corrected chi connectivity index (χ0v) is 13.0. The molecule has 0 radical (unpaired) electrons. The lowest BCUT2D eigenvalue weighted by atomic mass is 9.87. The Morgan fingerprint density at radius 1 is 0.950 bits per heavy atom. The number of hydrogen-bond acceptors (Lipinski definition) is 2. The third-order valence-electron chi connectivity index (χ3n) is 4.08. The highest BCUT2D eigenvalue weighted by atomic mass is 16.3. The first-order chi connectivity index (χ1) is 9.65. The van der Waals surface area contributed by atoms with Crippen molar-refractivity contribution in [2.24, 2.45) is 5.92 Å². The fraction of sp³-hybridized carbons (Fsp3) is 0.667. The molecule has 0 amide bonds. The molecular formula is C18H30O2. The van der Waals surface area contributed by atoms with Gasteiger partial charge in [0, 0.05) is 5.92 Å². The summed E-state index contributed by atoms with van der Waals surface area (Å²) in [5.41, 5.74) is 1.25. The third kappa shape index (κ3) is 6.53. The highest BCUT2D eigenvalue weighted by Gasteiger charge is 2.23. The number of benzene rings is 1. The maximum absolute atomic E-state index is 10.3. The molecule has 1 aromatic rings. The number of rotatable bonds is 10. The second-order valence-electron chi connectivity index (χ2n) is 5.85. The molecule has 1 aromatic carbocycles. The molecule has 0 unspecified atom stereocenters. The van der Waals surface area contributed by atoms with Crippen molar-refractivity contribution >= 4 is 0 Å². The van der Waals surface area contributed by atoms with Crippen LogP contribution in [0.4, 0.5) is 0 Å². The van der Waals surface area contributed by atoms with Gasteiger partial charge in [-0.1, -0.05) is 62.9 Å². The van der Waals surface area contributed by atoms with E-state index in [1.807, 2.05) is 18.2 Å². The quantitative estimate of drug-likeness (QED) is 0.636. The highest BCUT2D eigenvalue weighted by molar-refractivity contribution is 5.14. The number of unbranched alkanes of at least 4 members (excludes halogenated alkanes) is 3. The van der Waals surface area contributed by atoms with Gasteiger partial charge in [-0.05, 0) is 31.7 Å². The van der Waals surface area contributed by atoms with E-state index >= 15 is 0 Å². The van der Waals surface area contributed by atoms with E-state index in [-0.39, 0.29) is 5.92 Å². The summed E-state index contributed by atoms with van der Waals surface area (Å²) in [5.74, 6) is 0.00979. The van der Waals surface area contributed by atoms with Crippen LogP contribution in [-0.2, 0) is 6.42 Å². The predicted molar refractivity (Wildman–Crippen MR) is 84.7 cm³/mol. The molecule has 20 heavy (non-hydrogen) atoms. The van der Waals surface area contributed by atoms with Crippen molar-refractivity contribution in [2.45, 2.75) is 71.0 Å². The van der Waals surface area contributed by atoms with E-state index < -0.39 is 12.2 Å². The van der Waals surface area contributed by atoms with Crippen LogP contribution in [0.3, 0.4) is 0 Å². The van der Waals surface area contributed by atoms with Crippen LogP contribution >= 0.6 is 0 Å². The van der Waals surface area contributed by atoms with Gasteiger partial charge in [-0.3, -0.25) is 0 Å². The van der Waals surface area contributed by atoms with Crippen molar-refractivity contribution in [3.8, 4) is 0 Å². The van der Waals surface area contributed by atoms with Crippen LogP contribution in [0, 0.1) is 5.92 Å². The summed E-state index contributed by atoms with van der Waals surface area (Å²) in [6.07, 6.45) is 6.46. The summed E-state index contributed by atoms with van der Waals surface area (Å²) < 4.78 is 0. The lowest BCUT2D eigenvalue weighted by Crippen LogP contribution is -2.30. The molecular weight excluding hydrogens is 248 g/mol. The van der Waals surface area contributed by atoms with Gasteiger partial charge in [0.15, 0.2) is 0 Å². The largest absolute Gasteiger partial charge is 0.393 e. The molecule has 0 heterocycles. The summed E-state index contributed by atoms with van der Waals surface area (Å²) in [5, 5.41) is 20.2. The van der Waals surface area contributed by atoms with Crippen molar-refractivity contribution in [3.63, 3.8) is 0 Å². The fourth-order valence-electron chi connectivity index (χ4n) is 2.74. The van der Waals surface area contributed by atoms with Gasteiger partial charge in [-0.25, -0.2) is 0 Å². The summed E-state index contributed by atoms with van der Waals surface area (Å²) in [6, 6.07) is 10.2. The maximum Gasteiger partial charge on any atom is 0.0596 e. The minimum Gasteiger partial charge on any atom is -0.393 e. The topological polar surface area (TPSA) is 40.5 Å². The van der Waals surface area contributed by atoms with Crippen molar-refractivity contribution in [1.29, 1.82) is 0 Å². The second kappa shape index (κ2) is 9.95. The first-order valence-electron chi connectivity index (χ1n) is 8.05. The molecule has 0 aliphatic rings. The van der Waals surface area contributed by atoms with Crippen LogP contribution in [0.1, 0.15) is 57.9 Å². The van der Waals surface area contributed by atoms with E-state index in [4.69, 9.17) is 0 Å². The van der Waals surface area contributed by atoms with Crippen LogP contribution in [0.5, 0.6) is 0 Å². The summed E-state index contributed by atoms with van der Waals surface area (Å²) in [7, 11) is 0. The molecule has 2 N–H and O–H groups in total. The summed E-state index contributed by atoms with van der Waals surface area (Å²) in [6.45, 7) is 4.00. The molecule has 0 aliphatic heterocycles. The average Bonchev–Trinajstić information content (AvgIpc) is 2.45. The molecule has 2 heteroatoms. The lowest BCUT2D eigenvalue weighted by Gasteiger charge is -2.25. The molecule has 0 saturated heterocycles. The van der Waals surface area contributed by atoms with Gasteiger partial charge in [-0.2, -0.15) is 0 Å². The van der Waals surface area contributed by atoms with Gasteiger partial charge < -0.3 is 10.2 Å². The Morgan fingerprint density at radius 3 is 2.25 bits per heavy atom. The Bertz CT molecular complexity index is 335. The van der Waals surface area contributed by atoms with E-state index in [0.717, 1.165) is 25.7 Å². The minimum absolute atomic E-state index is 0.00979. The van der Waals surface area contributed by atoms with Crippen molar-refractivity contribution < 1.29 is 10.2 Å². The van der Waals surface area contributed by atoms with E-state index in [9.17, 15) is 10.2 Å². The monoisotopic (exact) mass is 278 g/mol. The molecule has 2 nitrogen and oxygen atoms in total. The summed E-state index contributed by atoms with van der Waals surface area (Å²) >= 11 is 0. The highest BCUT2D eigenvalue weighted by Crippen LogP contribution is 2.22. The number of aliphatic hydroxyl groups is 2. The van der Waals surface area contributed by atoms with Crippen LogP contribution in [0.2, 0.25) is 0 Å². The van der Waals surface area contributed by atoms with Gasteiger partial charge in [0.2, 0.25) is 0 Å². The van der Waals surface area contributed by atoms with Crippen LogP contribution in [0.25, 0.3) is 0 Å². The smallest absolute Gasteiger partial charge is 0.0596 e. The van der Waals surface area contributed by atoms with Crippen molar-refractivity contribution in [3.05, 3.63) is 35.9 Å². The second-order valence-corrected chi connectivity index (χ2v) is 5.85. The van der Waals surface area contributed by atoms with Crippen molar-refractivity contribution in [2.75, 3.05) is 0 Å². The Morgan fingerprint density at radius 2 is 1.65 bits per heavy atom. The number of aliphatic hydroxyl groups excluding tert-OH is 2. The molecule has 0 aliphatic carbocycles. The number of aryl methyl sites for hydroxylation is 1. The predicted octanol–water partition coefficient (Wildman–Crippen LogP) is 3.95. The van der Waals surface area contributed by atoms with Crippen LogP contribution in [0.15, 0.2) is 30.3 Å². The van der Waals surface area contributed by atoms with E-state index in [0.29, 0.717) is 0 Å². The zero-order valence-electron chi connectivity index (χ0n) is 13.0. The van der Waals surface area contributed by atoms with Gasteiger partial charge in [0.25, 0.3) is 0 Å².